The monoisotopic (exact) mass is 351 g/mol. The van der Waals surface area contributed by atoms with Gasteiger partial charge in [-0.3, -0.25) is 0 Å². The second-order valence-electron chi connectivity index (χ2n) is 10.0. The van der Waals surface area contributed by atoms with E-state index in [0.717, 1.165) is 6.54 Å². The lowest BCUT2D eigenvalue weighted by atomic mass is 9.59. The van der Waals surface area contributed by atoms with Gasteiger partial charge in [-0.05, 0) is 60.3 Å². The first-order valence-corrected chi connectivity index (χ1v) is 9.73. The highest BCUT2D eigenvalue weighted by molar-refractivity contribution is 6.47. The highest BCUT2D eigenvalue weighted by atomic mass is 16.7. The van der Waals surface area contributed by atoms with Gasteiger partial charge in [-0.2, -0.15) is 0 Å². The van der Waals surface area contributed by atoms with Crippen molar-refractivity contribution in [3.05, 3.63) is 0 Å². The molecule has 3 fully saturated rings. The summed E-state index contributed by atoms with van der Waals surface area (Å²) in [5, 5.41) is 0. The largest absolute Gasteiger partial charge is 0.463 e. The molecule has 0 N–H and O–H groups in total. The van der Waals surface area contributed by atoms with Crippen molar-refractivity contribution < 1.29 is 18.8 Å². The number of hydrogen-bond donors (Lipinski definition) is 0. The van der Waals surface area contributed by atoms with Crippen molar-refractivity contribution in [1.29, 1.82) is 0 Å². The van der Waals surface area contributed by atoms with E-state index in [2.05, 4.69) is 27.7 Å². The van der Waals surface area contributed by atoms with E-state index in [1.807, 2.05) is 25.7 Å². The highest BCUT2D eigenvalue weighted by Gasteiger charge is 2.58. The van der Waals surface area contributed by atoms with Crippen LogP contribution in [0.15, 0.2) is 0 Å². The van der Waals surface area contributed by atoms with Crippen LogP contribution in [-0.2, 0) is 14.0 Å². The second kappa shape index (κ2) is 6.16. The molecule has 2 heterocycles. The van der Waals surface area contributed by atoms with E-state index in [4.69, 9.17) is 14.0 Å². The molecule has 1 amide bonds. The summed E-state index contributed by atoms with van der Waals surface area (Å²) in [5.74, 6) is 1.34. The maximum atomic E-state index is 12.6. The van der Waals surface area contributed by atoms with Gasteiger partial charge in [0.25, 0.3) is 0 Å². The summed E-state index contributed by atoms with van der Waals surface area (Å²) in [5.41, 5.74) is -1.13. The summed E-state index contributed by atoms with van der Waals surface area (Å²) in [6.07, 6.45) is 3.59. The summed E-state index contributed by atoms with van der Waals surface area (Å²) >= 11 is 0. The second-order valence-corrected chi connectivity index (χ2v) is 10.0. The molecule has 0 aromatic rings. The zero-order chi connectivity index (χ0) is 18.6. The smallest absolute Gasteiger partial charge is 0.444 e. The average molecular weight is 351 g/mol. The van der Waals surface area contributed by atoms with Crippen molar-refractivity contribution in [2.24, 2.45) is 11.8 Å². The van der Waals surface area contributed by atoms with Gasteiger partial charge in [0, 0.05) is 18.9 Å². The molecule has 142 valence electrons. The number of amides is 1. The van der Waals surface area contributed by atoms with Crippen LogP contribution in [0.25, 0.3) is 0 Å². The quantitative estimate of drug-likeness (QED) is 0.703. The standard InChI is InChI=1S/C19H34BNO4/c1-17(2,3)23-16(22)21-11-14(13-9-8-10-13)15(12-21)20-24-18(4,5)19(6,7)25-20/h13-15H,8-12H2,1-7H3. The number of nitrogens with zero attached hydrogens (tertiary/aromatic N) is 1. The van der Waals surface area contributed by atoms with Crippen LogP contribution in [0.4, 0.5) is 4.79 Å². The molecule has 2 saturated heterocycles. The number of carbonyl (C=O) groups is 1. The number of carbonyl (C=O) groups excluding carboxylic acids is 1. The van der Waals surface area contributed by atoms with Gasteiger partial charge in [0.05, 0.1) is 11.2 Å². The lowest BCUT2D eigenvalue weighted by Crippen LogP contribution is -2.41. The molecule has 3 aliphatic rings. The topological polar surface area (TPSA) is 48.0 Å². The van der Waals surface area contributed by atoms with Crippen LogP contribution >= 0.6 is 0 Å². The van der Waals surface area contributed by atoms with E-state index >= 15 is 0 Å². The van der Waals surface area contributed by atoms with Gasteiger partial charge >= 0.3 is 13.2 Å². The first-order chi connectivity index (χ1) is 11.4. The fourth-order valence-corrected chi connectivity index (χ4v) is 4.05. The van der Waals surface area contributed by atoms with E-state index in [0.29, 0.717) is 18.4 Å². The summed E-state index contributed by atoms with van der Waals surface area (Å²) in [6.45, 7) is 15.5. The van der Waals surface area contributed by atoms with Gasteiger partial charge in [-0.25, -0.2) is 4.79 Å². The summed E-state index contributed by atoms with van der Waals surface area (Å²) in [6, 6.07) is 0. The van der Waals surface area contributed by atoms with Crippen molar-refractivity contribution in [3.8, 4) is 0 Å². The molecule has 0 spiro atoms. The summed E-state index contributed by atoms with van der Waals surface area (Å²) < 4.78 is 18.2. The van der Waals surface area contributed by atoms with Crippen LogP contribution in [0.5, 0.6) is 0 Å². The third kappa shape index (κ3) is 3.70. The number of likely N-dealkylation sites (tertiary alicyclic amines) is 1. The SMILES string of the molecule is CC(C)(C)OC(=O)N1CC(B2OC(C)(C)C(C)(C)O2)C(C2CCC2)C1. The zero-order valence-electron chi connectivity index (χ0n) is 16.9. The van der Waals surface area contributed by atoms with Crippen molar-refractivity contribution >= 4 is 13.2 Å². The van der Waals surface area contributed by atoms with E-state index in [1.165, 1.54) is 19.3 Å². The molecule has 6 heteroatoms. The molecule has 0 aromatic heterocycles. The van der Waals surface area contributed by atoms with Gasteiger partial charge in [-0.1, -0.05) is 19.3 Å². The van der Waals surface area contributed by atoms with Crippen molar-refractivity contribution in [2.75, 3.05) is 13.1 Å². The molecule has 0 radical (unpaired) electrons. The Bertz CT molecular complexity index is 508. The number of hydrogen-bond acceptors (Lipinski definition) is 4. The van der Waals surface area contributed by atoms with E-state index in [-0.39, 0.29) is 30.2 Å². The van der Waals surface area contributed by atoms with Crippen LogP contribution in [0.3, 0.4) is 0 Å². The predicted octanol–water partition coefficient (Wildman–Crippen LogP) is 4.12. The minimum Gasteiger partial charge on any atom is -0.444 e. The van der Waals surface area contributed by atoms with Crippen molar-refractivity contribution in [1.82, 2.24) is 4.90 Å². The summed E-state index contributed by atoms with van der Waals surface area (Å²) in [4.78, 5) is 14.4. The molecular weight excluding hydrogens is 317 g/mol. The van der Waals surface area contributed by atoms with Gasteiger partial charge in [0.2, 0.25) is 0 Å². The van der Waals surface area contributed by atoms with Crippen LogP contribution in [0.2, 0.25) is 5.82 Å². The van der Waals surface area contributed by atoms with E-state index in [9.17, 15) is 4.79 Å². The van der Waals surface area contributed by atoms with Gasteiger partial charge < -0.3 is 18.9 Å². The van der Waals surface area contributed by atoms with Gasteiger partial charge in [0.1, 0.15) is 5.60 Å². The first-order valence-electron chi connectivity index (χ1n) is 9.73. The van der Waals surface area contributed by atoms with Crippen LogP contribution in [0.1, 0.15) is 67.7 Å². The molecule has 25 heavy (non-hydrogen) atoms. The fraction of sp³-hybridized carbons (Fsp3) is 0.947. The molecule has 2 atom stereocenters. The van der Waals surface area contributed by atoms with Gasteiger partial charge in [-0.15, -0.1) is 0 Å². The van der Waals surface area contributed by atoms with Crippen LogP contribution in [0, 0.1) is 11.8 Å². The van der Waals surface area contributed by atoms with E-state index < -0.39 is 5.60 Å². The van der Waals surface area contributed by atoms with Gasteiger partial charge in [0.15, 0.2) is 0 Å². The Kier molecular flexibility index (Phi) is 4.69. The van der Waals surface area contributed by atoms with Crippen LogP contribution < -0.4 is 0 Å². The molecule has 1 aliphatic carbocycles. The lowest BCUT2D eigenvalue weighted by molar-refractivity contribution is 0.00578. The Hall–Kier alpha value is -0.745. The van der Waals surface area contributed by atoms with E-state index in [1.54, 1.807) is 0 Å². The zero-order valence-corrected chi connectivity index (χ0v) is 16.9. The maximum absolute atomic E-state index is 12.6. The maximum Gasteiger partial charge on any atom is 0.463 e. The summed E-state index contributed by atoms with van der Waals surface area (Å²) in [7, 11) is -0.247. The molecule has 1 saturated carbocycles. The third-order valence-electron chi connectivity index (χ3n) is 6.44. The van der Waals surface area contributed by atoms with Crippen molar-refractivity contribution in [3.63, 3.8) is 0 Å². The number of ether oxygens (including phenoxy) is 1. The molecule has 5 nitrogen and oxygen atoms in total. The minimum absolute atomic E-state index is 0.212. The Morgan fingerprint density at radius 2 is 1.64 bits per heavy atom. The fourth-order valence-electron chi connectivity index (χ4n) is 4.05. The number of rotatable bonds is 2. The minimum atomic E-state index is -0.467. The normalized spacial score (nSPS) is 32.0. The molecule has 0 bridgehead atoms. The Labute approximate surface area is 152 Å². The Morgan fingerprint density at radius 1 is 1.08 bits per heavy atom. The Morgan fingerprint density at radius 3 is 2.08 bits per heavy atom. The highest BCUT2D eigenvalue weighted by Crippen LogP contribution is 2.49. The predicted molar refractivity (Wildman–Crippen MR) is 98.5 cm³/mol. The molecule has 3 rings (SSSR count). The Balaban J connectivity index is 1.74. The molecule has 2 aliphatic heterocycles. The third-order valence-corrected chi connectivity index (χ3v) is 6.44. The average Bonchev–Trinajstić information content (AvgIpc) is 2.85. The lowest BCUT2D eigenvalue weighted by Gasteiger charge is -2.34. The van der Waals surface area contributed by atoms with Crippen LogP contribution in [-0.4, -0.2) is 48.0 Å². The molecular formula is C19H34BNO4. The molecule has 2 unspecified atom stereocenters. The first kappa shape index (κ1) is 19.0. The molecule has 0 aromatic carbocycles. The van der Waals surface area contributed by atoms with Crippen molar-refractivity contribution in [2.45, 2.75) is 90.3 Å².